The van der Waals surface area contributed by atoms with Crippen LogP contribution in [0.5, 0.6) is 0 Å². The summed E-state index contributed by atoms with van der Waals surface area (Å²) in [6, 6.07) is 7.96. The fourth-order valence-corrected chi connectivity index (χ4v) is 2.00. The average molecular weight is 191 g/mol. The topological polar surface area (TPSA) is 32.9 Å². The van der Waals surface area contributed by atoms with Gasteiger partial charge in [-0.1, -0.05) is 18.2 Å². The molecule has 0 spiro atoms. The number of thioether (sulfide) groups is 1. The number of hydrogen-bond donors (Lipinski definition) is 1. The highest BCUT2D eigenvalue weighted by molar-refractivity contribution is 8.13. The first-order valence-electron chi connectivity index (χ1n) is 4.02. The second-order valence-corrected chi connectivity index (χ2v) is 4.01. The second kappa shape index (κ2) is 3.26. The van der Waals surface area contributed by atoms with Crippen LogP contribution in [0, 0.1) is 0 Å². The lowest BCUT2D eigenvalue weighted by Crippen LogP contribution is -1.78. The first-order chi connectivity index (χ1) is 6.27. The zero-order chi connectivity index (χ0) is 9.26. The van der Waals surface area contributed by atoms with E-state index in [4.69, 9.17) is 0 Å². The Morgan fingerprint density at radius 1 is 1.38 bits per heavy atom. The molecule has 0 bridgehead atoms. The van der Waals surface area contributed by atoms with Crippen molar-refractivity contribution in [3.8, 4) is 0 Å². The molecule has 0 aliphatic rings. The molecular formula is C10H9NOS. The molecule has 3 heteroatoms. The SMILES string of the molecule is CC(=O)Sc1c[nH]c2ccccc12. The van der Waals surface area contributed by atoms with Crippen molar-refractivity contribution in [2.45, 2.75) is 11.8 Å². The zero-order valence-electron chi connectivity index (χ0n) is 7.20. The lowest BCUT2D eigenvalue weighted by atomic mass is 10.2. The average Bonchev–Trinajstić information content (AvgIpc) is 2.48. The van der Waals surface area contributed by atoms with E-state index in [-0.39, 0.29) is 5.12 Å². The number of hydrogen-bond acceptors (Lipinski definition) is 2. The molecule has 13 heavy (non-hydrogen) atoms. The molecular weight excluding hydrogens is 182 g/mol. The number of para-hydroxylation sites is 1. The van der Waals surface area contributed by atoms with Crippen molar-refractivity contribution >= 4 is 27.8 Å². The van der Waals surface area contributed by atoms with E-state index in [1.54, 1.807) is 6.92 Å². The summed E-state index contributed by atoms with van der Waals surface area (Å²) >= 11 is 1.26. The molecule has 0 saturated carbocycles. The van der Waals surface area contributed by atoms with Gasteiger partial charge >= 0.3 is 0 Å². The third kappa shape index (κ3) is 1.60. The number of H-pyrrole nitrogens is 1. The summed E-state index contributed by atoms with van der Waals surface area (Å²) in [5.74, 6) is 0. The maximum Gasteiger partial charge on any atom is 0.190 e. The number of benzene rings is 1. The Morgan fingerprint density at radius 3 is 2.92 bits per heavy atom. The Morgan fingerprint density at radius 2 is 2.15 bits per heavy atom. The molecule has 2 aromatic rings. The highest BCUT2D eigenvalue weighted by Gasteiger charge is 2.04. The van der Waals surface area contributed by atoms with Gasteiger partial charge in [-0.25, -0.2) is 0 Å². The molecule has 1 aromatic carbocycles. The van der Waals surface area contributed by atoms with E-state index in [2.05, 4.69) is 4.98 Å². The molecule has 1 heterocycles. The summed E-state index contributed by atoms with van der Waals surface area (Å²) in [6.45, 7) is 1.58. The summed E-state index contributed by atoms with van der Waals surface area (Å²) < 4.78 is 0. The fourth-order valence-electron chi connectivity index (χ4n) is 1.28. The summed E-state index contributed by atoms with van der Waals surface area (Å²) in [7, 11) is 0. The van der Waals surface area contributed by atoms with Crippen molar-refractivity contribution in [1.82, 2.24) is 4.98 Å². The highest BCUT2D eigenvalue weighted by Crippen LogP contribution is 2.27. The molecule has 2 rings (SSSR count). The third-order valence-corrected chi connectivity index (χ3v) is 2.65. The van der Waals surface area contributed by atoms with Crippen LogP contribution in [0.1, 0.15) is 6.92 Å². The standard InChI is InChI=1S/C10H9NOS/c1-7(12)13-10-6-11-9-5-3-2-4-8(9)10/h2-6,11H,1H3. The Bertz CT molecular complexity index is 447. The van der Waals surface area contributed by atoms with Crippen LogP contribution in [0.4, 0.5) is 0 Å². The number of nitrogens with one attached hydrogen (secondary N) is 1. The van der Waals surface area contributed by atoms with Gasteiger partial charge < -0.3 is 4.98 Å². The van der Waals surface area contributed by atoms with Gasteiger partial charge in [0.15, 0.2) is 5.12 Å². The number of aromatic amines is 1. The number of rotatable bonds is 1. The normalized spacial score (nSPS) is 10.5. The minimum absolute atomic E-state index is 0.116. The quantitative estimate of drug-likeness (QED) is 0.703. The van der Waals surface area contributed by atoms with E-state index < -0.39 is 0 Å². The number of fused-ring (bicyclic) bond motifs is 1. The molecule has 0 saturated heterocycles. The third-order valence-electron chi connectivity index (χ3n) is 1.80. The Kier molecular flexibility index (Phi) is 2.10. The summed E-state index contributed by atoms with van der Waals surface area (Å²) in [5, 5.41) is 1.23. The Balaban J connectivity index is 2.51. The number of carbonyl (C=O) groups is 1. The summed E-state index contributed by atoms with van der Waals surface area (Å²) in [4.78, 5) is 15.0. The minimum Gasteiger partial charge on any atom is -0.360 e. The maximum absolute atomic E-state index is 10.9. The maximum atomic E-state index is 10.9. The van der Waals surface area contributed by atoms with Gasteiger partial charge in [0, 0.05) is 28.9 Å². The van der Waals surface area contributed by atoms with Gasteiger partial charge in [-0.15, -0.1) is 0 Å². The molecule has 1 N–H and O–H groups in total. The van der Waals surface area contributed by atoms with E-state index in [0.29, 0.717) is 0 Å². The number of carbonyl (C=O) groups excluding carboxylic acids is 1. The lowest BCUT2D eigenvalue weighted by Gasteiger charge is -1.92. The van der Waals surface area contributed by atoms with Crippen molar-refractivity contribution in [3.63, 3.8) is 0 Å². The Hall–Kier alpha value is -1.22. The van der Waals surface area contributed by atoms with Gasteiger partial charge in [-0.2, -0.15) is 0 Å². The van der Waals surface area contributed by atoms with Gasteiger partial charge in [-0.3, -0.25) is 4.79 Å². The summed E-state index contributed by atoms with van der Waals surface area (Å²) in [5.41, 5.74) is 1.08. The molecule has 0 aliphatic carbocycles. The van der Waals surface area contributed by atoms with Gasteiger partial charge in [0.1, 0.15) is 0 Å². The van der Waals surface area contributed by atoms with E-state index in [9.17, 15) is 4.79 Å². The first kappa shape index (κ1) is 8.38. The molecule has 1 aromatic heterocycles. The van der Waals surface area contributed by atoms with Crippen molar-refractivity contribution in [2.24, 2.45) is 0 Å². The van der Waals surface area contributed by atoms with Crippen molar-refractivity contribution < 1.29 is 4.79 Å². The van der Waals surface area contributed by atoms with Gasteiger partial charge in [0.2, 0.25) is 0 Å². The van der Waals surface area contributed by atoms with Crippen molar-refractivity contribution in [2.75, 3.05) is 0 Å². The van der Waals surface area contributed by atoms with Crippen LogP contribution in [0.2, 0.25) is 0 Å². The fraction of sp³-hybridized carbons (Fsp3) is 0.100. The van der Waals surface area contributed by atoms with E-state index >= 15 is 0 Å². The molecule has 0 atom stereocenters. The second-order valence-electron chi connectivity index (χ2n) is 2.79. The summed E-state index contributed by atoms with van der Waals surface area (Å²) in [6.07, 6.45) is 1.87. The van der Waals surface area contributed by atoms with Crippen LogP contribution in [0.3, 0.4) is 0 Å². The van der Waals surface area contributed by atoms with Crippen LogP contribution in [0.25, 0.3) is 10.9 Å². The van der Waals surface area contributed by atoms with E-state index in [1.807, 2.05) is 30.5 Å². The monoisotopic (exact) mass is 191 g/mol. The lowest BCUT2D eigenvalue weighted by molar-refractivity contribution is -0.109. The van der Waals surface area contributed by atoms with Crippen LogP contribution >= 0.6 is 11.8 Å². The van der Waals surface area contributed by atoms with Crippen LogP contribution in [-0.2, 0) is 4.79 Å². The van der Waals surface area contributed by atoms with Crippen LogP contribution in [-0.4, -0.2) is 10.1 Å². The predicted molar refractivity (Wildman–Crippen MR) is 54.8 cm³/mol. The molecule has 2 nitrogen and oxygen atoms in total. The first-order valence-corrected chi connectivity index (χ1v) is 4.83. The van der Waals surface area contributed by atoms with Crippen LogP contribution in [0.15, 0.2) is 35.4 Å². The van der Waals surface area contributed by atoms with Crippen molar-refractivity contribution in [3.05, 3.63) is 30.5 Å². The zero-order valence-corrected chi connectivity index (χ0v) is 8.02. The smallest absolute Gasteiger partial charge is 0.190 e. The van der Waals surface area contributed by atoms with Gasteiger partial charge in [0.25, 0.3) is 0 Å². The van der Waals surface area contributed by atoms with Crippen molar-refractivity contribution in [1.29, 1.82) is 0 Å². The molecule has 0 amide bonds. The largest absolute Gasteiger partial charge is 0.360 e. The molecule has 0 unspecified atom stereocenters. The van der Waals surface area contributed by atoms with Gasteiger partial charge in [-0.05, 0) is 17.8 Å². The number of aromatic nitrogens is 1. The predicted octanol–water partition coefficient (Wildman–Crippen LogP) is 2.81. The highest BCUT2D eigenvalue weighted by atomic mass is 32.2. The van der Waals surface area contributed by atoms with E-state index in [0.717, 1.165) is 15.8 Å². The Labute approximate surface area is 80.3 Å². The van der Waals surface area contributed by atoms with Gasteiger partial charge in [0.05, 0.1) is 0 Å². The minimum atomic E-state index is 0.116. The molecule has 0 aliphatic heterocycles. The molecule has 0 fully saturated rings. The van der Waals surface area contributed by atoms with E-state index in [1.165, 1.54) is 11.8 Å². The molecule has 0 radical (unpaired) electrons. The van der Waals surface area contributed by atoms with Crippen LogP contribution < -0.4 is 0 Å². The molecule has 66 valence electrons.